The van der Waals surface area contributed by atoms with Crippen LogP contribution in [0.5, 0.6) is 0 Å². The molecule has 0 unspecified atom stereocenters. The van der Waals surface area contributed by atoms with Gasteiger partial charge in [-0.1, -0.05) is 44.9 Å². The van der Waals surface area contributed by atoms with Crippen molar-refractivity contribution in [3.05, 3.63) is 36.0 Å². The lowest BCUT2D eigenvalue weighted by molar-refractivity contribution is 0.519. The summed E-state index contributed by atoms with van der Waals surface area (Å²) < 4.78 is 0. The first kappa shape index (κ1) is 12.9. The van der Waals surface area contributed by atoms with Crippen molar-refractivity contribution in [3.63, 3.8) is 0 Å². The monoisotopic (exact) mass is 242 g/mol. The van der Waals surface area contributed by atoms with Crippen LogP contribution in [0.3, 0.4) is 0 Å². The van der Waals surface area contributed by atoms with Crippen LogP contribution < -0.4 is 5.32 Å². The van der Waals surface area contributed by atoms with E-state index in [2.05, 4.69) is 55.3 Å². The number of nitrogens with one attached hydrogen (secondary N) is 1. The molecule has 0 saturated heterocycles. The Labute approximate surface area is 109 Å². The van der Waals surface area contributed by atoms with Gasteiger partial charge in [0.25, 0.3) is 0 Å². The number of anilines is 1. The van der Waals surface area contributed by atoms with Gasteiger partial charge in [0.1, 0.15) is 0 Å². The molecular formula is C16H22N2. The minimum absolute atomic E-state index is 0.747. The van der Waals surface area contributed by atoms with Gasteiger partial charge in [0.2, 0.25) is 0 Å². The van der Waals surface area contributed by atoms with Gasteiger partial charge in [-0.3, -0.25) is 4.98 Å². The van der Waals surface area contributed by atoms with Gasteiger partial charge in [-0.2, -0.15) is 0 Å². The zero-order valence-corrected chi connectivity index (χ0v) is 11.5. The second-order valence-electron chi connectivity index (χ2n) is 4.89. The van der Waals surface area contributed by atoms with Gasteiger partial charge in [0.15, 0.2) is 0 Å². The van der Waals surface area contributed by atoms with Crippen molar-refractivity contribution >= 4 is 16.6 Å². The summed E-state index contributed by atoms with van der Waals surface area (Å²) in [5.41, 5.74) is 3.36. The molecule has 0 atom stereocenters. The molecule has 0 aliphatic heterocycles. The second kappa shape index (κ2) is 5.85. The van der Waals surface area contributed by atoms with Crippen LogP contribution in [0.1, 0.15) is 32.4 Å². The van der Waals surface area contributed by atoms with Crippen LogP contribution in [0.25, 0.3) is 10.9 Å². The third-order valence-electron chi connectivity index (χ3n) is 3.58. The Morgan fingerprint density at radius 2 is 1.89 bits per heavy atom. The van der Waals surface area contributed by atoms with Gasteiger partial charge in [-0.25, -0.2) is 0 Å². The molecule has 0 radical (unpaired) electrons. The fourth-order valence-electron chi connectivity index (χ4n) is 2.29. The average molecular weight is 242 g/mol. The maximum absolute atomic E-state index is 4.56. The number of aromatic nitrogens is 1. The molecule has 96 valence electrons. The Kier molecular flexibility index (Phi) is 4.19. The molecule has 1 aromatic carbocycles. The minimum atomic E-state index is 0.747. The molecular weight excluding hydrogens is 220 g/mol. The number of aryl methyl sites for hydroxylation is 1. The standard InChI is InChI=1S/C16H22N2/c1-4-13(5-2)11-17-16-10-12(3)18-15-9-7-6-8-14(15)16/h6-10,13H,4-5,11H2,1-3H3,(H,17,18). The van der Waals surface area contributed by atoms with Gasteiger partial charge >= 0.3 is 0 Å². The Bertz CT molecular complexity index is 515. The van der Waals surface area contributed by atoms with Crippen LogP contribution >= 0.6 is 0 Å². The van der Waals surface area contributed by atoms with Crippen molar-refractivity contribution in [2.45, 2.75) is 33.6 Å². The van der Waals surface area contributed by atoms with Gasteiger partial charge in [-0.05, 0) is 25.0 Å². The van der Waals surface area contributed by atoms with E-state index in [9.17, 15) is 0 Å². The molecule has 2 nitrogen and oxygen atoms in total. The van der Waals surface area contributed by atoms with E-state index in [1.165, 1.54) is 23.9 Å². The van der Waals surface area contributed by atoms with E-state index < -0.39 is 0 Å². The molecule has 1 N–H and O–H groups in total. The summed E-state index contributed by atoms with van der Waals surface area (Å²) in [4.78, 5) is 4.56. The predicted molar refractivity (Wildman–Crippen MR) is 79.0 cm³/mol. The predicted octanol–water partition coefficient (Wildman–Crippen LogP) is 4.39. The normalized spacial score (nSPS) is 11.1. The smallest absolute Gasteiger partial charge is 0.0725 e. The van der Waals surface area contributed by atoms with Gasteiger partial charge in [-0.15, -0.1) is 0 Å². The third-order valence-corrected chi connectivity index (χ3v) is 3.58. The lowest BCUT2D eigenvalue weighted by Crippen LogP contribution is -2.13. The molecule has 1 aromatic heterocycles. The molecule has 1 heterocycles. The Balaban J connectivity index is 2.26. The van der Waals surface area contributed by atoms with Crippen LogP contribution in [0.15, 0.2) is 30.3 Å². The summed E-state index contributed by atoms with van der Waals surface area (Å²) >= 11 is 0. The first-order chi connectivity index (χ1) is 8.74. The first-order valence-electron chi connectivity index (χ1n) is 6.84. The molecule has 0 amide bonds. The molecule has 0 spiro atoms. The highest BCUT2D eigenvalue weighted by Crippen LogP contribution is 2.23. The highest BCUT2D eigenvalue weighted by molar-refractivity contribution is 5.91. The number of benzene rings is 1. The SMILES string of the molecule is CCC(CC)CNc1cc(C)nc2ccccc12. The molecule has 0 bridgehead atoms. The molecule has 2 rings (SSSR count). The fraction of sp³-hybridized carbons (Fsp3) is 0.438. The number of hydrogen-bond donors (Lipinski definition) is 1. The average Bonchev–Trinajstić information content (AvgIpc) is 2.39. The van der Waals surface area contributed by atoms with Crippen molar-refractivity contribution in [1.82, 2.24) is 4.98 Å². The Morgan fingerprint density at radius 1 is 1.17 bits per heavy atom. The number of rotatable bonds is 5. The molecule has 2 aromatic rings. The Morgan fingerprint density at radius 3 is 2.61 bits per heavy atom. The molecule has 18 heavy (non-hydrogen) atoms. The van der Waals surface area contributed by atoms with Crippen LogP contribution in [0, 0.1) is 12.8 Å². The Hall–Kier alpha value is -1.57. The van der Waals surface area contributed by atoms with Crippen molar-refractivity contribution in [3.8, 4) is 0 Å². The highest BCUT2D eigenvalue weighted by Gasteiger charge is 2.06. The molecule has 0 saturated carbocycles. The summed E-state index contributed by atoms with van der Waals surface area (Å²) in [6.07, 6.45) is 2.46. The topological polar surface area (TPSA) is 24.9 Å². The van der Waals surface area contributed by atoms with E-state index in [4.69, 9.17) is 0 Å². The highest BCUT2D eigenvalue weighted by atomic mass is 14.9. The molecule has 0 fully saturated rings. The van der Waals surface area contributed by atoms with E-state index >= 15 is 0 Å². The van der Waals surface area contributed by atoms with E-state index in [1.54, 1.807) is 0 Å². The minimum Gasteiger partial charge on any atom is -0.384 e. The van der Waals surface area contributed by atoms with Gasteiger partial charge in [0.05, 0.1) is 5.52 Å². The summed E-state index contributed by atoms with van der Waals surface area (Å²) in [6, 6.07) is 10.5. The van der Waals surface area contributed by atoms with Crippen LogP contribution in [-0.2, 0) is 0 Å². The first-order valence-corrected chi connectivity index (χ1v) is 6.84. The summed E-state index contributed by atoms with van der Waals surface area (Å²) in [6.45, 7) is 7.60. The number of hydrogen-bond acceptors (Lipinski definition) is 2. The lowest BCUT2D eigenvalue weighted by Gasteiger charge is -2.16. The van der Waals surface area contributed by atoms with Crippen molar-refractivity contribution in [1.29, 1.82) is 0 Å². The van der Waals surface area contributed by atoms with E-state index in [0.29, 0.717) is 0 Å². The van der Waals surface area contributed by atoms with E-state index in [-0.39, 0.29) is 0 Å². The number of para-hydroxylation sites is 1. The van der Waals surface area contributed by atoms with Crippen molar-refractivity contribution in [2.75, 3.05) is 11.9 Å². The van der Waals surface area contributed by atoms with Crippen LogP contribution in [0.2, 0.25) is 0 Å². The number of fused-ring (bicyclic) bond motifs is 1. The van der Waals surface area contributed by atoms with Crippen LogP contribution in [0.4, 0.5) is 5.69 Å². The maximum Gasteiger partial charge on any atom is 0.0725 e. The summed E-state index contributed by atoms with van der Waals surface area (Å²) in [5, 5.41) is 4.81. The number of pyridine rings is 1. The van der Waals surface area contributed by atoms with Crippen LogP contribution in [-0.4, -0.2) is 11.5 Å². The largest absolute Gasteiger partial charge is 0.384 e. The zero-order chi connectivity index (χ0) is 13.0. The second-order valence-corrected chi connectivity index (χ2v) is 4.89. The maximum atomic E-state index is 4.56. The van der Waals surface area contributed by atoms with Crippen molar-refractivity contribution in [2.24, 2.45) is 5.92 Å². The summed E-state index contributed by atoms with van der Waals surface area (Å²) in [5.74, 6) is 0.747. The van der Waals surface area contributed by atoms with Gasteiger partial charge in [0, 0.05) is 23.3 Å². The molecule has 0 aliphatic carbocycles. The number of nitrogens with zero attached hydrogens (tertiary/aromatic N) is 1. The van der Waals surface area contributed by atoms with Crippen molar-refractivity contribution < 1.29 is 0 Å². The van der Waals surface area contributed by atoms with E-state index in [1.807, 2.05) is 6.07 Å². The lowest BCUT2D eigenvalue weighted by atomic mass is 10.0. The zero-order valence-electron chi connectivity index (χ0n) is 11.5. The van der Waals surface area contributed by atoms with Gasteiger partial charge < -0.3 is 5.32 Å². The molecule has 0 aliphatic rings. The fourth-order valence-corrected chi connectivity index (χ4v) is 2.29. The third kappa shape index (κ3) is 2.81. The molecule has 2 heteroatoms. The summed E-state index contributed by atoms with van der Waals surface area (Å²) in [7, 11) is 0. The quantitative estimate of drug-likeness (QED) is 0.841. The van der Waals surface area contributed by atoms with E-state index in [0.717, 1.165) is 23.7 Å².